The Morgan fingerprint density at radius 3 is 2.67 bits per heavy atom. The minimum Gasteiger partial charge on any atom is -0.458 e. The van der Waals surface area contributed by atoms with Crippen LogP contribution in [0.3, 0.4) is 0 Å². The van der Waals surface area contributed by atoms with Gasteiger partial charge < -0.3 is 24.4 Å². The monoisotopic (exact) mass is 533 g/mol. The Bertz CT molecular complexity index is 1730. The van der Waals surface area contributed by atoms with E-state index in [9.17, 15) is 24.6 Å². The number of fused-ring (bicyclic) bond motifs is 5. The molecule has 3 aromatic rings. The van der Waals surface area contributed by atoms with Crippen molar-refractivity contribution in [3.63, 3.8) is 0 Å². The van der Waals surface area contributed by atoms with Crippen LogP contribution in [0.5, 0.6) is 0 Å². The van der Waals surface area contributed by atoms with E-state index in [1.165, 1.54) is 6.07 Å². The number of aliphatic hydroxyl groups is 2. The third-order valence-electron chi connectivity index (χ3n) is 9.40. The number of ether oxygens (including phenoxy) is 1. The van der Waals surface area contributed by atoms with Crippen molar-refractivity contribution in [3.05, 3.63) is 61.7 Å². The van der Waals surface area contributed by atoms with Crippen LogP contribution in [0.4, 0.5) is 4.39 Å². The number of halogens is 1. The van der Waals surface area contributed by atoms with Gasteiger partial charge in [-0.25, -0.2) is 14.2 Å². The maximum Gasteiger partial charge on any atom is 0.343 e. The molecule has 2 N–H and O–H groups in total. The highest BCUT2D eigenvalue weighted by Gasteiger charge is 2.49. The number of rotatable bonds is 2. The summed E-state index contributed by atoms with van der Waals surface area (Å²) in [5, 5.41) is 22.3. The molecule has 7 rings (SSSR count). The second-order valence-corrected chi connectivity index (χ2v) is 11.4. The Balaban J connectivity index is 1.56. The maximum atomic E-state index is 15.1. The first-order valence-corrected chi connectivity index (χ1v) is 13.3. The van der Waals surface area contributed by atoms with Crippen LogP contribution in [0.1, 0.15) is 66.5 Å². The van der Waals surface area contributed by atoms with Crippen molar-refractivity contribution in [2.75, 3.05) is 6.54 Å². The minimum atomic E-state index is -1.96. The van der Waals surface area contributed by atoms with Gasteiger partial charge in [-0.15, -0.1) is 0 Å². The summed E-state index contributed by atoms with van der Waals surface area (Å²) < 4.78 is 21.8. The van der Waals surface area contributed by atoms with E-state index in [1.807, 2.05) is 6.92 Å². The Morgan fingerprint density at radius 2 is 1.97 bits per heavy atom. The van der Waals surface area contributed by atoms with Crippen molar-refractivity contribution in [1.29, 1.82) is 0 Å². The molecule has 1 fully saturated rings. The number of carbonyl (C=O) groups excluding carboxylic acids is 2. The smallest absolute Gasteiger partial charge is 0.343 e. The molecule has 9 nitrogen and oxygen atoms in total. The van der Waals surface area contributed by atoms with Crippen LogP contribution in [0.15, 0.2) is 16.9 Å². The highest BCUT2D eigenvalue weighted by Crippen LogP contribution is 2.50. The van der Waals surface area contributed by atoms with Gasteiger partial charge >= 0.3 is 5.97 Å². The van der Waals surface area contributed by atoms with Gasteiger partial charge in [-0.05, 0) is 55.9 Å². The molecule has 0 unspecified atom stereocenters. The number of pyridine rings is 2. The average molecular weight is 534 g/mol. The van der Waals surface area contributed by atoms with Crippen LogP contribution in [-0.4, -0.2) is 49.2 Å². The van der Waals surface area contributed by atoms with Crippen LogP contribution < -0.4 is 5.56 Å². The molecule has 39 heavy (non-hydrogen) atoms. The average Bonchev–Trinajstić information content (AvgIpc) is 3.45. The van der Waals surface area contributed by atoms with Crippen LogP contribution in [0, 0.1) is 12.7 Å². The number of likely N-dealkylation sites (tertiary alicyclic amines) is 1. The topological polar surface area (TPSA) is 122 Å². The number of aromatic nitrogens is 2. The highest BCUT2D eigenvalue weighted by atomic mass is 19.1. The summed E-state index contributed by atoms with van der Waals surface area (Å²) in [7, 11) is 0. The van der Waals surface area contributed by atoms with E-state index >= 15 is 4.39 Å². The Kier molecular flexibility index (Phi) is 4.84. The van der Waals surface area contributed by atoms with Gasteiger partial charge in [0.2, 0.25) is 5.91 Å². The van der Waals surface area contributed by atoms with Gasteiger partial charge in [0, 0.05) is 29.1 Å². The lowest BCUT2D eigenvalue weighted by molar-refractivity contribution is -0.172. The summed E-state index contributed by atoms with van der Waals surface area (Å²) in [5.74, 6) is -1.34. The van der Waals surface area contributed by atoms with Crippen LogP contribution in [0.25, 0.3) is 22.3 Å². The molecule has 5 heterocycles. The number of aryl methyl sites for hydroxylation is 1. The summed E-state index contributed by atoms with van der Waals surface area (Å²) in [6, 6.07) is 3.03. The fraction of sp³-hybridized carbons (Fsp3) is 0.448. The number of β-amino-alcohol motifs (C(OH)–C–C–N with tert-alkyl or cyclic N) is 1. The standard InChI is InChI=1S/C29H28FN3O6/c1-4-29(38)18-8-21-25-16(11-32(21)26(36)17(18)12-39-27(29)37)24-23-15(13(2)19(30)9-20(23)31-25)5-6-28(24,3)33-10-14(34)7-22(33)35/h8-9,14,34,38H,4-7,10-12H2,1-3H3/t14-,28-,29+/m1/s1. The summed E-state index contributed by atoms with van der Waals surface area (Å²) in [5.41, 5.74) is 1.51. The number of esters is 1. The van der Waals surface area contributed by atoms with Crippen LogP contribution in [-0.2, 0) is 45.0 Å². The van der Waals surface area contributed by atoms with Crippen LogP contribution >= 0.6 is 0 Å². The summed E-state index contributed by atoms with van der Waals surface area (Å²) in [6.45, 7) is 5.48. The molecule has 10 heteroatoms. The van der Waals surface area contributed by atoms with E-state index in [4.69, 9.17) is 9.72 Å². The molecule has 202 valence electrons. The predicted molar refractivity (Wildman–Crippen MR) is 137 cm³/mol. The lowest BCUT2D eigenvalue weighted by atomic mass is 9.73. The summed E-state index contributed by atoms with van der Waals surface area (Å²) >= 11 is 0. The zero-order valence-electron chi connectivity index (χ0n) is 21.9. The molecule has 3 atom stereocenters. The fourth-order valence-electron chi connectivity index (χ4n) is 7.22. The summed E-state index contributed by atoms with van der Waals surface area (Å²) in [4.78, 5) is 46.0. The molecule has 1 saturated heterocycles. The predicted octanol–water partition coefficient (Wildman–Crippen LogP) is 2.28. The molecular weight excluding hydrogens is 505 g/mol. The summed E-state index contributed by atoms with van der Waals surface area (Å²) in [6.07, 6.45) is 0.349. The second kappa shape index (κ2) is 7.73. The van der Waals surface area contributed by atoms with Crippen molar-refractivity contribution in [1.82, 2.24) is 14.5 Å². The third kappa shape index (κ3) is 2.96. The number of aliphatic hydroxyl groups excluding tert-OH is 1. The number of nitrogens with zero attached hydrogens (tertiary/aromatic N) is 3. The van der Waals surface area contributed by atoms with E-state index in [-0.39, 0.29) is 60.9 Å². The van der Waals surface area contributed by atoms with Gasteiger partial charge in [-0.2, -0.15) is 0 Å². The number of cyclic esters (lactones) is 1. The van der Waals surface area contributed by atoms with Crippen molar-refractivity contribution < 1.29 is 28.9 Å². The molecule has 0 saturated carbocycles. The van der Waals surface area contributed by atoms with Gasteiger partial charge in [-0.1, -0.05) is 6.92 Å². The molecule has 1 aliphatic carbocycles. The van der Waals surface area contributed by atoms with E-state index in [2.05, 4.69) is 0 Å². The highest BCUT2D eigenvalue weighted by molar-refractivity contribution is 5.94. The van der Waals surface area contributed by atoms with Gasteiger partial charge in [0.15, 0.2) is 5.60 Å². The number of amides is 1. The first-order chi connectivity index (χ1) is 18.5. The molecular formula is C29H28FN3O6. The first kappa shape index (κ1) is 24.4. The number of hydrogen-bond acceptors (Lipinski definition) is 7. The molecule has 3 aliphatic heterocycles. The van der Waals surface area contributed by atoms with Crippen molar-refractivity contribution >= 4 is 22.8 Å². The number of hydrogen-bond donors (Lipinski definition) is 2. The zero-order valence-corrected chi connectivity index (χ0v) is 21.9. The SMILES string of the molecule is CC[C@@]1(O)C(=O)OCc2c1cc1n(c2=O)Cc2c-1nc1cc(F)c(C)c3c1c2[C@](C)(N1C[C@H](O)CC1=O)CC3. The molecule has 1 amide bonds. The molecule has 0 radical (unpaired) electrons. The fourth-order valence-corrected chi connectivity index (χ4v) is 7.22. The van der Waals surface area contributed by atoms with Gasteiger partial charge in [0.1, 0.15) is 12.4 Å². The lowest BCUT2D eigenvalue weighted by Gasteiger charge is -2.44. The number of carbonyl (C=O) groups is 2. The lowest BCUT2D eigenvalue weighted by Crippen LogP contribution is -2.47. The van der Waals surface area contributed by atoms with Gasteiger partial charge in [0.05, 0.1) is 47.1 Å². The van der Waals surface area contributed by atoms with Gasteiger partial charge in [-0.3, -0.25) is 9.59 Å². The normalized spacial score (nSPS) is 27.0. The molecule has 0 spiro atoms. The molecule has 1 aromatic carbocycles. The number of benzene rings is 1. The molecule has 4 aliphatic rings. The van der Waals surface area contributed by atoms with E-state index in [0.717, 1.165) is 22.1 Å². The van der Waals surface area contributed by atoms with E-state index in [1.54, 1.807) is 29.4 Å². The Morgan fingerprint density at radius 1 is 1.21 bits per heavy atom. The van der Waals surface area contributed by atoms with Gasteiger partial charge in [0.25, 0.3) is 5.56 Å². The Labute approximate surface area is 222 Å². The molecule has 2 aromatic heterocycles. The maximum absolute atomic E-state index is 15.1. The van der Waals surface area contributed by atoms with E-state index in [0.29, 0.717) is 35.3 Å². The largest absolute Gasteiger partial charge is 0.458 e. The van der Waals surface area contributed by atoms with Crippen molar-refractivity contribution in [3.8, 4) is 11.4 Å². The molecule has 0 bridgehead atoms. The van der Waals surface area contributed by atoms with E-state index < -0.39 is 23.2 Å². The van der Waals surface area contributed by atoms with Crippen LogP contribution in [0.2, 0.25) is 0 Å². The van der Waals surface area contributed by atoms with Crippen molar-refractivity contribution in [2.24, 2.45) is 0 Å². The quantitative estimate of drug-likeness (QED) is 0.379. The third-order valence-corrected chi connectivity index (χ3v) is 9.40. The Hall–Kier alpha value is -3.63. The minimum absolute atomic E-state index is 0.0241. The first-order valence-electron chi connectivity index (χ1n) is 13.3. The van der Waals surface area contributed by atoms with Crippen molar-refractivity contribution in [2.45, 2.75) is 76.9 Å². The zero-order chi connectivity index (χ0) is 27.6. The second-order valence-electron chi connectivity index (χ2n) is 11.4.